The van der Waals surface area contributed by atoms with Crippen LogP contribution in [0, 0.1) is 0 Å². The molecule has 0 spiro atoms. The zero-order valence-electron chi connectivity index (χ0n) is 16.7. The molecule has 4 unspecified atom stereocenters. The van der Waals surface area contributed by atoms with Gasteiger partial charge >= 0.3 is 11.9 Å². The Kier molecular flexibility index (Phi) is 10.1. The maximum absolute atomic E-state index is 12.6. The Balaban J connectivity index is 2.90. The summed E-state index contributed by atoms with van der Waals surface area (Å²) in [7, 11) is 0. The zero-order valence-corrected chi connectivity index (χ0v) is 16.7. The summed E-state index contributed by atoms with van der Waals surface area (Å²) >= 11 is 0. The molecule has 14 heteroatoms. The molecule has 0 aromatic carbocycles. The highest BCUT2D eigenvalue weighted by Gasteiger charge is 2.30. The number of rotatable bonds is 13. The number of hydrogen-bond donors (Lipinski definition) is 8. The van der Waals surface area contributed by atoms with Crippen LogP contribution in [0.5, 0.6) is 0 Å². The van der Waals surface area contributed by atoms with Gasteiger partial charge < -0.3 is 42.0 Å². The Morgan fingerprint density at radius 3 is 2.10 bits per heavy atom. The molecule has 0 aliphatic carbocycles. The number of aliphatic hydroxyl groups is 1. The van der Waals surface area contributed by atoms with Gasteiger partial charge in [0.1, 0.15) is 18.1 Å². The van der Waals surface area contributed by atoms with Gasteiger partial charge in [-0.05, 0) is 13.3 Å². The highest BCUT2D eigenvalue weighted by molar-refractivity contribution is 5.94. The van der Waals surface area contributed by atoms with Gasteiger partial charge in [-0.15, -0.1) is 0 Å². The second-order valence-electron chi connectivity index (χ2n) is 6.71. The number of aliphatic carboxylic acids is 2. The van der Waals surface area contributed by atoms with Crippen LogP contribution >= 0.6 is 0 Å². The van der Waals surface area contributed by atoms with Gasteiger partial charge in [-0.25, -0.2) is 9.78 Å². The summed E-state index contributed by atoms with van der Waals surface area (Å²) in [6.45, 7) is 0.547. The molecule has 0 aliphatic heterocycles. The second-order valence-corrected chi connectivity index (χ2v) is 6.71. The van der Waals surface area contributed by atoms with E-state index >= 15 is 0 Å². The molecule has 31 heavy (non-hydrogen) atoms. The lowest BCUT2D eigenvalue weighted by Gasteiger charge is -2.23. The van der Waals surface area contributed by atoms with Gasteiger partial charge in [-0.2, -0.15) is 0 Å². The second kappa shape index (κ2) is 12.2. The van der Waals surface area contributed by atoms with E-state index in [4.69, 9.17) is 10.8 Å². The van der Waals surface area contributed by atoms with Crippen LogP contribution in [-0.4, -0.2) is 85.7 Å². The number of imidazole rings is 1. The van der Waals surface area contributed by atoms with Gasteiger partial charge in [0.15, 0.2) is 0 Å². The SMILES string of the molecule is CC(N)C(=O)NC(CO)C(=O)NC(CCC(=O)O)C(=O)NC(Cc1cnc[nH]1)C(=O)O. The molecular formula is C17H26N6O8. The van der Waals surface area contributed by atoms with Crippen molar-refractivity contribution in [2.24, 2.45) is 5.73 Å². The fourth-order valence-electron chi connectivity index (χ4n) is 2.39. The van der Waals surface area contributed by atoms with Crippen LogP contribution in [0.2, 0.25) is 0 Å². The van der Waals surface area contributed by atoms with E-state index in [-0.39, 0.29) is 12.8 Å². The molecule has 3 amide bonds. The van der Waals surface area contributed by atoms with E-state index in [1.54, 1.807) is 0 Å². The van der Waals surface area contributed by atoms with Gasteiger partial charge in [-0.3, -0.25) is 19.2 Å². The summed E-state index contributed by atoms with van der Waals surface area (Å²) in [6.07, 6.45) is 1.70. The molecule has 0 aliphatic rings. The number of H-pyrrole nitrogens is 1. The lowest BCUT2D eigenvalue weighted by atomic mass is 10.1. The molecular weight excluding hydrogens is 416 g/mol. The topological polar surface area (TPSA) is 237 Å². The summed E-state index contributed by atoms with van der Waals surface area (Å²) in [6, 6.07) is -5.23. The first-order valence-corrected chi connectivity index (χ1v) is 9.24. The summed E-state index contributed by atoms with van der Waals surface area (Å²) < 4.78 is 0. The Morgan fingerprint density at radius 1 is 1.03 bits per heavy atom. The van der Waals surface area contributed by atoms with Crippen molar-refractivity contribution in [2.75, 3.05) is 6.61 Å². The number of nitrogens with zero attached hydrogens (tertiary/aromatic N) is 1. The average molecular weight is 442 g/mol. The first-order valence-electron chi connectivity index (χ1n) is 9.24. The van der Waals surface area contributed by atoms with Crippen molar-refractivity contribution in [3.05, 3.63) is 18.2 Å². The van der Waals surface area contributed by atoms with Crippen molar-refractivity contribution in [3.63, 3.8) is 0 Å². The number of amides is 3. The third-order valence-electron chi connectivity index (χ3n) is 4.10. The summed E-state index contributed by atoms with van der Waals surface area (Å²) in [5, 5.41) is 34.3. The van der Waals surface area contributed by atoms with Crippen LogP contribution in [0.4, 0.5) is 0 Å². The largest absolute Gasteiger partial charge is 0.481 e. The standard InChI is InChI=1S/C17H26N6O8/c1-8(18)14(27)23-12(6-24)16(29)21-10(2-3-13(25)26)15(28)22-11(17(30)31)4-9-5-19-7-20-9/h5,7-8,10-12,24H,2-4,6,18H2,1H3,(H,19,20)(H,21,29)(H,22,28)(H,23,27)(H,25,26)(H,30,31). The van der Waals surface area contributed by atoms with Crippen molar-refractivity contribution in [1.82, 2.24) is 25.9 Å². The first kappa shape index (κ1) is 25.5. The molecule has 0 saturated heterocycles. The van der Waals surface area contributed by atoms with Gasteiger partial charge in [0, 0.05) is 24.7 Å². The molecule has 9 N–H and O–H groups in total. The quantitative estimate of drug-likeness (QED) is 0.151. The van der Waals surface area contributed by atoms with Gasteiger partial charge in [0.05, 0.1) is 19.0 Å². The summed E-state index contributed by atoms with van der Waals surface area (Å²) in [5.41, 5.74) is 5.82. The van der Waals surface area contributed by atoms with E-state index in [0.29, 0.717) is 5.69 Å². The molecule has 0 saturated carbocycles. The minimum atomic E-state index is -1.45. The average Bonchev–Trinajstić information content (AvgIpc) is 3.20. The Hall–Kier alpha value is -3.52. The van der Waals surface area contributed by atoms with E-state index in [1.807, 2.05) is 0 Å². The highest BCUT2D eigenvalue weighted by Crippen LogP contribution is 2.04. The molecule has 14 nitrogen and oxygen atoms in total. The minimum Gasteiger partial charge on any atom is -0.481 e. The Bertz CT molecular complexity index is 782. The predicted molar refractivity (Wildman–Crippen MR) is 103 cm³/mol. The minimum absolute atomic E-state index is 0.135. The van der Waals surface area contributed by atoms with E-state index < -0.39 is 66.9 Å². The van der Waals surface area contributed by atoms with Crippen LogP contribution < -0.4 is 21.7 Å². The van der Waals surface area contributed by atoms with Crippen LogP contribution in [0.25, 0.3) is 0 Å². The monoisotopic (exact) mass is 442 g/mol. The molecule has 0 fully saturated rings. The summed E-state index contributed by atoms with van der Waals surface area (Å²) in [5.74, 6) is -5.25. The molecule has 0 radical (unpaired) electrons. The van der Waals surface area contributed by atoms with Crippen LogP contribution in [-0.2, 0) is 30.4 Å². The highest BCUT2D eigenvalue weighted by atomic mass is 16.4. The Morgan fingerprint density at radius 2 is 1.61 bits per heavy atom. The maximum Gasteiger partial charge on any atom is 0.326 e. The fraction of sp³-hybridized carbons (Fsp3) is 0.529. The number of carbonyl (C=O) groups is 5. The van der Waals surface area contributed by atoms with Crippen LogP contribution in [0.1, 0.15) is 25.5 Å². The number of aromatic nitrogens is 2. The van der Waals surface area contributed by atoms with Crippen molar-refractivity contribution in [1.29, 1.82) is 0 Å². The molecule has 1 heterocycles. The van der Waals surface area contributed by atoms with Crippen molar-refractivity contribution in [3.8, 4) is 0 Å². The van der Waals surface area contributed by atoms with Gasteiger partial charge in [0.2, 0.25) is 17.7 Å². The number of aliphatic hydroxyl groups excluding tert-OH is 1. The molecule has 1 aromatic heterocycles. The van der Waals surface area contributed by atoms with Gasteiger partial charge in [-0.1, -0.05) is 0 Å². The smallest absolute Gasteiger partial charge is 0.326 e. The van der Waals surface area contributed by atoms with E-state index in [2.05, 4.69) is 25.9 Å². The Labute approximate surface area is 176 Å². The normalized spacial score (nSPS) is 14.5. The number of carbonyl (C=O) groups excluding carboxylic acids is 3. The third-order valence-corrected chi connectivity index (χ3v) is 4.10. The number of nitrogens with one attached hydrogen (secondary N) is 4. The fourth-order valence-corrected chi connectivity index (χ4v) is 2.39. The number of aromatic amines is 1. The van der Waals surface area contributed by atoms with Crippen molar-refractivity contribution in [2.45, 2.75) is 50.4 Å². The number of hydrogen-bond acceptors (Lipinski definition) is 8. The molecule has 4 atom stereocenters. The van der Waals surface area contributed by atoms with E-state index in [1.165, 1.54) is 19.4 Å². The number of carboxylic acids is 2. The summed E-state index contributed by atoms with van der Waals surface area (Å²) in [4.78, 5) is 65.5. The third kappa shape index (κ3) is 8.79. The predicted octanol–water partition coefficient (Wildman–Crippen LogP) is -3.30. The van der Waals surface area contributed by atoms with Crippen LogP contribution in [0.15, 0.2) is 12.5 Å². The number of nitrogens with two attached hydrogens (primary N) is 1. The maximum atomic E-state index is 12.6. The molecule has 0 bridgehead atoms. The molecule has 1 rings (SSSR count). The number of carboxylic acid groups (broad SMARTS) is 2. The van der Waals surface area contributed by atoms with Crippen molar-refractivity contribution >= 4 is 29.7 Å². The lowest BCUT2D eigenvalue weighted by Crippen LogP contribution is -2.58. The van der Waals surface area contributed by atoms with Crippen LogP contribution in [0.3, 0.4) is 0 Å². The van der Waals surface area contributed by atoms with E-state index in [0.717, 1.165) is 0 Å². The molecule has 1 aromatic rings. The zero-order chi connectivity index (χ0) is 23.6. The van der Waals surface area contributed by atoms with Gasteiger partial charge in [0.25, 0.3) is 0 Å². The van der Waals surface area contributed by atoms with E-state index in [9.17, 15) is 34.2 Å². The first-order chi connectivity index (χ1) is 14.5. The molecule has 172 valence electrons. The lowest BCUT2D eigenvalue weighted by molar-refractivity contribution is -0.143. The van der Waals surface area contributed by atoms with Crippen molar-refractivity contribution < 1.29 is 39.3 Å².